The summed E-state index contributed by atoms with van der Waals surface area (Å²) in [7, 11) is 1.31. The summed E-state index contributed by atoms with van der Waals surface area (Å²) in [6, 6.07) is 14.6. The molecule has 0 saturated heterocycles. The molecular weight excluding hydrogens is 581 g/mol. The van der Waals surface area contributed by atoms with Crippen LogP contribution in [0.3, 0.4) is 0 Å². The van der Waals surface area contributed by atoms with Crippen molar-refractivity contribution in [2.75, 3.05) is 29.6 Å². The molecule has 3 N–H and O–H groups in total. The first-order valence-corrected chi connectivity index (χ1v) is 14.9. The normalized spacial score (nSPS) is 13.0. The summed E-state index contributed by atoms with van der Waals surface area (Å²) in [5, 5.41) is 9.49. The highest BCUT2D eigenvalue weighted by molar-refractivity contribution is 8.00. The Morgan fingerprint density at radius 2 is 1.73 bits per heavy atom. The lowest BCUT2D eigenvalue weighted by molar-refractivity contribution is -0.129. The summed E-state index contributed by atoms with van der Waals surface area (Å²) in [6.07, 6.45) is 0.524. The molecule has 0 aliphatic carbocycles. The molecule has 9 nitrogen and oxygen atoms in total. The van der Waals surface area contributed by atoms with E-state index >= 15 is 0 Å². The molecule has 0 bridgehead atoms. The van der Waals surface area contributed by atoms with Crippen molar-refractivity contribution in [1.29, 1.82) is 0 Å². The van der Waals surface area contributed by atoms with Crippen LogP contribution >= 0.6 is 35.3 Å². The first-order valence-electron chi connectivity index (χ1n) is 12.8. The summed E-state index contributed by atoms with van der Waals surface area (Å²) in [5.41, 5.74) is 3.31. The predicted octanol–water partition coefficient (Wildman–Crippen LogP) is 5.57. The molecular formula is C29H30N4O5S3. The van der Waals surface area contributed by atoms with Crippen LogP contribution in [0, 0.1) is 0 Å². The number of hydrogen-bond acceptors (Lipinski definition) is 8. The number of rotatable bonds is 8. The third kappa shape index (κ3) is 7.51. The smallest absolute Gasteiger partial charge is 0.341 e. The monoisotopic (exact) mass is 610 g/mol. The Hall–Kier alpha value is -3.74. The van der Waals surface area contributed by atoms with Crippen LogP contribution in [-0.4, -0.2) is 52.5 Å². The number of thioether (sulfide) groups is 1. The second-order valence-electron chi connectivity index (χ2n) is 9.38. The fraction of sp³-hybridized carbons (Fsp3) is 0.276. The third-order valence-electron chi connectivity index (χ3n) is 6.45. The van der Waals surface area contributed by atoms with Gasteiger partial charge >= 0.3 is 5.97 Å². The van der Waals surface area contributed by atoms with E-state index in [1.165, 1.54) is 44.1 Å². The number of carbonyl (C=O) groups is 4. The molecule has 12 heteroatoms. The van der Waals surface area contributed by atoms with Gasteiger partial charge in [0, 0.05) is 40.2 Å². The van der Waals surface area contributed by atoms with Crippen molar-refractivity contribution >= 4 is 80.4 Å². The molecule has 0 radical (unpaired) electrons. The Morgan fingerprint density at radius 1 is 1.02 bits per heavy atom. The van der Waals surface area contributed by atoms with Gasteiger partial charge in [-0.15, -0.1) is 23.1 Å². The van der Waals surface area contributed by atoms with Gasteiger partial charge in [-0.2, -0.15) is 0 Å². The van der Waals surface area contributed by atoms with Crippen LogP contribution in [-0.2, 0) is 27.3 Å². The molecule has 2 amide bonds. The first kappa shape index (κ1) is 30.2. The fourth-order valence-corrected chi connectivity index (χ4v) is 6.69. The first-order chi connectivity index (χ1) is 19.5. The highest BCUT2D eigenvalue weighted by Gasteiger charge is 2.30. The van der Waals surface area contributed by atoms with Crippen molar-refractivity contribution in [1.82, 2.24) is 4.90 Å². The highest BCUT2D eigenvalue weighted by Crippen LogP contribution is 2.38. The molecule has 1 unspecified atom stereocenters. The Bertz CT molecular complexity index is 1500. The third-order valence-corrected chi connectivity index (χ3v) is 8.88. The molecule has 1 atom stereocenters. The van der Waals surface area contributed by atoms with Gasteiger partial charge in [0.15, 0.2) is 10.9 Å². The number of hydrogen-bond donors (Lipinski definition) is 3. The zero-order valence-electron chi connectivity index (χ0n) is 23.0. The number of fused-ring (bicyclic) bond motifs is 1. The summed E-state index contributed by atoms with van der Waals surface area (Å²) in [6.45, 7) is 5.74. The van der Waals surface area contributed by atoms with Gasteiger partial charge in [-0.25, -0.2) is 4.79 Å². The van der Waals surface area contributed by atoms with E-state index in [9.17, 15) is 19.2 Å². The number of ketones is 1. The number of thiocarbonyl (C=S) groups is 1. The summed E-state index contributed by atoms with van der Waals surface area (Å²) >= 11 is 8.11. The van der Waals surface area contributed by atoms with E-state index in [0.717, 1.165) is 26.7 Å². The van der Waals surface area contributed by atoms with Crippen LogP contribution in [0.4, 0.5) is 16.4 Å². The number of nitrogens with one attached hydrogen (secondary N) is 3. The van der Waals surface area contributed by atoms with Crippen LogP contribution in [0.25, 0.3) is 0 Å². The number of thiophene rings is 1. The van der Waals surface area contributed by atoms with Crippen LogP contribution in [0.1, 0.15) is 51.9 Å². The van der Waals surface area contributed by atoms with Crippen molar-refractivity contribution in [2.45, 2.75) is 43.9 Å². The average Bonchev–Trinajstić information content (AvgIpc) is 3.29. The molecule has 2 aromatic carbocycles. The van der Waals surface area contributed by atoms with Gasteiger partial charge in [0.2, 0.25) is 11.8 Å². The zero-order valence-corrected chi connectivity index (χ0v) is 25.5. The predicted molar refractivity (Wildman–Crippen MR) is 167 cm³/mol. The van der Waals surface area contributed by atoms with E-state index in [1.54, 1.807) is 36.1 Å². The van der Waals surface area contributed by atoms with Gasteiger partial charge in [0.05, 0.1) is 24.5 Å². The number of anilines is 3. The number of nitrogens with zero attached hydrogens (tertiary/aromatic N) is 1. The molecule has 0 saturated carbocycles. The summed E-state index contributed by atoms with van der Waals surface area (Å²) < 4.78 is 5.00. The van der Waals surface area contributed by atoms with Crippen LogP contribution < -0.4 is 16.0 Å². The molecule has 41 heavy (non-hydrogen) atoms. The van der Waals surface area contributed by atoms with Gasteiger partial charge in [-0.1, -0.05) is 6.07 Å². The molecule has 2 heterocycles. The highest BCUT2D eigenvalue weighted by atomic mass is 32.2. The zero-order chi connectivity index (χ0) is 29.7. The Balaban J connectivity index is 1.40. The van der Waals surface area contributed by atoms with Crippen molar-refractivity contribution < 1.29 is 23.9 Å². The SMILES string of the molecule is COC(=O)c1c(NC(=O)C(C)Sc2cccc(NC(=S)Nc3ccc(C(C)=O)cc3)c2)sc2c1CCN(C(C)=O)C2. The lowest BCUT2D eigenvalue weighted by Crippen LogP contribution is -2.33. The maximum atomic E-state index is 13.2. The van der Waals surface area contributed by atoms with Crippen molar-refractivity contribution in [2.24, 2.45) is 0 Å². The number of amides is 2. The number of benzene rings is 2. The lowest BCUT2D eigenvalue weighted by atomic mass is 10.0. The number of esters is 1. The van der Waals surface area contributed by atoms with E-state index in [2.05, 4.69) is 16.0 Å². The van der Waals surface area contributed by atoms with Gasteiger partial charge in [0.25, 0.3) is 0 Å². The fourth-order valence-electron chi connectivity index (χ4n) is 4.28. The second-order valence-corrected chi connectivity index (χ2v) is 12.3. The van der Waals surface area contributed by atoms with E-state index in [0.29, 0.717) is 40.8 Å². The second kappa shape index (κ2) is 13.3. The van der Waals surface area contributed by atoms with Crippen LogP contribution in [0.15, 0.2) is 53.4 Å². The van der Waals surface area contributed by atoms with Gasteiger partial charge in [-0.05, 0) is 80.5 Å². The molecule has 1 aliphatic heterocycles. The minimum atomic E-state index is -0.507. The molecule has 214 valence electrons. The van der Waals surface area contributed by atoms with Crippen LogP contribution in [0.5, 0.6) is 0 Å². The Labute approximate surface area is 252 Å². The Kier molecular flexibility index (Phi) is 9.79. The molecule has 0 fully saturated rings. The van der Waals surface area contributed by atoms with Crippen molar-refractivity contribution in [3.8, 4) is 0 Å². The Morgan fingerprint density at radius 3 is 2.39 bits per heavy atom. The van der Waals surface area contributed by atoms with Crippen LogP contribution in [0.2, 0.25) is 0 Å². The van der Waals surface area contributed by atoms with E-state index in [4.69, 9.17) is 17.0 Å². The number of carbonyl (C=O) groups excluding carboxylic acids is 4. The average molecular weight is 611 g/mol. The largest absolute Gasteiger partial charge is 0.465 e. The topological polar surface area (TPSA) is 117 Å². The number of methoxy groups -OCH3 is 1. The molecule has 0 spiro atoms. The minimum absolute atomic E-state index is 0.00565. The van der Waals surface area contributed by atoms with Crippen molar-refractivity contribution in [3.63, 3.8) is 0 Å². The maximum Gasteiger partial charge on any atom is 0.341 e. The number of Topliss-reactive ketones (excluding diaryl/α,β-unsaturated/α-hetero) is 1. The van der Waals surface area contributed by atoms with Gasteiger partial charge < -0.3 is 25.6 Å². The standard InChI is InChI=1S/C29H30N4O5S3/c1-16(34)19-8-10-20(11-9-19)30-29(39)31-21-6-5-7-22(14-21)40-17(2)26(36)32-27-25(28(37)38-4)23-12-13-33(18(3)35)15-24(23)41-27/h5-11,14,17H,12-13,15H2,1-4H3,(H,32,36)(H2,30,31,39). The van der Waals surface area contributed by atoms with Gasteiger partial charge in [0.1, 0.15) is 5.00 Å². The summed E-state index contributed by atoms with van der Waals surface area (Å²) in [5.74, 6) is -0.802. The maximum absolute atomic E-state index is 13.2. The van der Waals surface area contributed by atoms with Crippen molar-refractivity contribution in [3.05, 3.63) is 70.1 Å². The summed E-state index contributed by atoms with van der Waals surface area (Å²) in [4.78, 5) is 52.6. The van der Waals surface area contributed by atoms with E-state index in [1.807, 2.05) is 24.3 Å². The molecule has 4 rings (SSSR count). The quantitative estimate of drug-likeness (QED) is 0.130. The minimum Gasteiger partial charge on any atom is -0.465 e. The lowest BCUT2D eigenvalue weighted by Gasteiger charge is -2.25. The van der Waals surface area contributed by atoms with E-state index in [-0.39, 0.29) is 17.6 Å². The molecule has 3 aromatic rings. The molecule has 1 aliphatic rings. The molecule has 1 aromatic heterocycles. The van der Waals surface area contributed by atoms with E-state index < -0.39 is 11.2 Å². The van der Waals surface area contributed by atoms with Gasteiger partial charge in [-0.3, -0.25) is 14.4 Å². The number of ether oxygens (including phenoxy) is 1.